The molecule has 2 nitrogen and oxygen atoms in total. The molecule has 0 amide bonds. The smallest absolute Gasteiger partial charge is 0.136 e. The molecule has 13 heavy (non-hydrogen) atoms. The van der Waals surface area contributed by atoms with Crippen molar-refractivity contribution in [2.75, 3.05) is 6.61 Å². The summed E-state index contributed by atoms with van der Waals surface area (Å²) in [5.41, 5.74) is 3.24. The number of aliphatic hydroxyl groups excluding tert-OH is 1. The van der Waals surface area contributed by atoms with Crippen LogP contribution in [-0.4, -0.2) is 32.0 Å². The minimum Gasteiger partial charge on any atom is -0.393 e. The number of rotatable bonds is 1. The van der Waals surface area contributed by atoms with Crippen molar-refractivity contribution in [1.82, 2.24) is 0 Å². The predicted octanol–water partition coefficient (Wildman–Crippen LogP) is 1.18. The Morgan fingerprint density at radius 2 is 2.08 bits per heavy atom. The fraction of sp³-hybridized carbons (Fsp3) is 0.600. The Balaban J connectivity index is 2.49. The molecule has 0 spiro atoms. The molecule has 0 aromatic rings. The second kappa shape index (κ2) is 4.10. The molecule has 0 aliphatic carbocycles. The summed E-state index contributed by atoms with van der Waals surface area (Å²) in [6.45, 7) is 6.63. The van der Waals surface area contributed by atoms with Gasteiger partial charge >= 0.3 is 0 Å². The van der Waals surface area contributed by atoms with Crippen LogP contribution in [-0.2, 0) is 4.74 Å². The number of ether oxygens (including phenoxy) is 1. The lowest BCUT2D eigenvalue weighted by Crippen LogP contribution is -2.19. The van der Waals surface area contributed by atoms with Crippen LogP contribution in [0.3, 0.4) is 0 Å². The summed E-state index contributed by atoms with van der Waals surface area (Å²) in [6, 6.07) is 0. The van der Waals surface area contributed by atoms with Gasteiger partial charge in [-0.2, -0.15) is 0 Å². The first kappa shape index (κ1) is 10.5. The first-order chi connectivity index (χ1) is 6.01. The average molecular weight is 196 g/mol. The highest BCUT2D eigenvalue weighted by molar-refractivity contribution is 6.83. The summed E-state index contributed by atoms with van der Waals surface area (Å²) in [5, 5.41) is 8.80. The number of aliphatic hydroxyl groups is 1. The molecule has 2 atom stereocenters. The van der Waals surface area contributed by atoms with Gasteiger partial charge < -0.3 is 9.84 Å². The second-order valence-electron chi connectivity index (χ2n) is 4.18. The third-order valence-corrected chi connectivity index (χ3v) is 2.49. The Morgan fingerprint density at radius 3 is 2.54 bits per heavy atom. The molecule has 2 unspecified atom stereocenters. The van der Waals surface area contributed by atoms with Crippen LogP contribution in [0, 0.1) is 11.5 Å². The zero-order chi connectivity index (χ0) is 9.90. The first-order valence-corrected chi connectivity index (χ1v) is 7.98. The third-order valence-electron chi connectivity index (χ3n) is 1.59. The summed E-state index contributed by atoms with van der Waals surface area (Å²) < 4.78 is 5.39. The van der Waals surface area contributed by atoms with Crippen LogP contribution in [0.2, 0.25) is 19.6 Å². The van der Waals surface area contributed by atoms with Gasteiger partial charge in [0.2, 0.25) is 0 Å². The van der Waals surface area contributed by atoms with Gasteiger partial charge in [-0.15, -0.1) is 5.54 Å². The van der Waals surface area contributed by atoms with E-state index in [0.717, 1.165) is 0 Å². The van der Waals surface area contributed by atoms with Crippen molar-refractivity contribution in [2.24, 2.45) is 0 Å². The maximum atomic E-state index is 8.80. The molecule has 1 heterocycles. The Bertz CT molecular complexity index is 254. The monoisotopic (exact) mass is 196 g/mol. The van der Waals surface area contributed by atoms with Crippen molar-refractivity contribution in [3.8, 4) is 11.5 Å². The van der Waals surface area contributed by atoms with E-state index in [9.17, 15) is 0 Å². The highest BCUT2D eigenvalue weighted by Gasteiger charge is 2.16. The number of hydrogen-bond acceptors (Lipinski definition) is 2. The summed E-state index contributed by atoms with van der Waals surface area (Å²) in [4.78, 5) is 0. The zero-order valence-corrected chi connectivity index (χ0v) is 9.37. The SMILES string of the molecule is C[Si](C)(C)C#CC1C=CC(CO)O1. The van der Waals surface area contributed by atoms with Crippen LogP contribution >= 0.6 is 0 Å². The van der Waals surface area contributed by atoms with Gasteiger partial charge in [0.15, 0.2) is 0 Å². The van der Waals surface area contributed by atoms with Gasteiger partial charge in [-0.3, -0.25) is 0 Å². The minimum atomic E-state index is -1.29. The lowest BCUT2D eigenvalue weighted by Gasteiger charge is -2.08. The third kappa shape index (κ3) is 3.77. The lowest BCUT2D eigenvalue weighted by atomic mass is 10.3. The van der Waals surface area contributed by atoms with Crippen molar-refractivity contribution in [2.45, 2.75) is 31.8 Å². The molecule has 0 aromatic heterocycles. The van der Waals surface area contributed by atoms with Gasteiger partial charge in [0.05, 0.1) is 6.61 Å². The molecule has 0 bridgehead atoms. The molecule has 1 N–H and O–H groups in total. The van der Waals surface area contributed by atoms with Crippen LogP contribution in [0.4, 0.5) is 0 Å². The van der Waals surface area contributed by atoms with E-state index in [4.69, 9.17) is 9.84 Å². The van der Waals surface area contributed by atoms with E-state index in [1.807, 2.05) is 12.2 Å². The molecular formula is C10H16O2Si. The summed E-state index contributed by atoms with van der Waals surface area (Å²) in [5.74, 6) is 3.08. The van der Waals surface area contributed by atoms with Crippen molar-refractivity contribution in [3.05, 3.63) is 12.2 Å². The maximum Gasteiger partial charge on any atom is 0.136 e. The Labute approximate surface area is 80.6 Å². The van der Waals surface area contributed by atoms with Gasteiger partial charge in [-0.1, -0.05) is 31.6 Å². The highest BCUT2D eigenvalue weighted by Crippen LogP contribution is 2.10. The largest absolute Gasteiger partial charge is 0.393 e. The Hall–Kier alpha value is -0.563. The summed E-state index contributed by atoms with van der Waals surface area (Å²) >= 11 is 0. The van der Waals surface area contributed by atoms with Crippen molar-refractivity contribution in [1.29, 1.82) is 0 Å². The quantitative estimate of drug-likeness (QED) is 0.388. The van der Waals surface area contributed by atoms with E-state index < -0.39 is 8.07 Å². The summed E-state index contributed by atoms with van der Waals surface area (Å²) in [6.07, 6.45) is 3.52. The summed E-state index contributed by atoms with van der Waals surface area (Å²) in [7, 11) is -1.29. The Kier molecular flexibility index (Phi) is 3.31. The molecule has 1 aliphatic rings. The van der Waals surface area contributed by atoms with Gasteiger partial charge in [-0.05, 0) is 6.08 Å². The van der Waals surface area contributed by atoms with E-state index >= 15 is 0 Å². The van der Waals surface area contributed by atoms with Crippen molar-refractivity contribution >= 4 is 8.07 Å². The van der Waals surface area contributed by atoms with Gasteiger partial charge in [0.1, 0.15) is 20.3 Å². The fourth-order valence-electron chi connectivity index (χ4n) is 0.978. The zero-order valence-electron chi connectivity index (χ0n) is 8.37. The van der Waals surface area contributed by atoms with Crippen LogP contribution in [0.1, 0.15) is 0 Å². The molecule has 1 aliphatic heterocycles. The molecule has 3 heteroatoms. The topological polar surface area (TPSA) is 29.5 Å². The minimum absolute atomic E-state index is 0.0433. The first-order valence-electron chi connectivity index (χ1n) is 4.48. The van der Waals surface area contributed by atoms with E-state index in [1.165, 1.54) is 0 Å². The van der Waals surface area contributed by atoms with Crippen LogP contribution in [0.5, 0.6) is 0 Å². The van der Waals surface area contributed by atoms with E-state index in [-0.39, 0.29) is 18.8 Å². The standard InChI is InChI=1S/C10H16O2Si/c1-13(2,3)7-6-9-4-5-10(8-11)12-9/h4-5,9-11H,8H2,1-3H3. The molecule has 0 saturated carbocycles. The van der Waals surface area contributed by atoms with E-state index in [1.54, 1.807) is 0 Å². The predicted molar refractivity (Wildman–Crippen MR) is 56.0 cm³/mol. The lowest BCUT2D eigenvalue weighted by molar-refractivity contribution is 0.0491. The maximum absolute atomic E-state index is 8.80. The molecular weight excluding hydrogens is 180 g/mol. The normalized spacial score (nSPS) is 27.1. The van der Waals surface area contributed by atoms with Crippen molar-refractivity contribution < 1.29 is 9.84 Å². The molecule has 0 radical (unpaired) electrons. The van der Waals surface area contributed by atoms with Crippen LogP contribution < -0.4 is 0 Å². The van der Waals surface area contributed by atoms with E-state index in [2.05, 4.69) is 31.1 Å². The van der Waals surface area contributed by atoms with Crippen molar-refractivity contribution in [3.63, 3.8) is 0 Å². The molecule has 0 aromatic carbocycles. The molecule has 72 valence electrons. The van der Waals surface area contributed by atoms with Crippen LogP contribution in [0.25, 0.3) is 0 Å². The fourth-order valence-corrected chi connectivity index (χ4v) is 1.55. The average Bonchev–Trinajstić information content (AvgIpc) is 2.47. The van der Waals surface area contributed by atoms with Crippen LogP contribution in [0.15, 0.2) is 12.2 Å². The van der Waals surface area contributed by atoms with Gasteiger partial charge in [0, 0.05) is 0 Å². The molecule has 0 fully saturated rings. The number of hydrogen-bond donors (Lipinski definition) is 1. The van der Waals surface area contributed by atoms with Gasteiger partial charge in [0.25, 0.3) is 0 Å². The van der Waals surface area contributed by atoms with Gasteiger partial charge in [-0.25, -0.2) is 0 Å². The second-order valence-corrected chi connectivity index (χ2v) is 8.93. The van der Waals surface area contributed by atoms with E-state index in [0.29, 0.717) is 0 Å². The molecule has 1 rings (SSSR count). The Morgan fingerprint density at radius 1 is 1.38 bits per heavy atom. The highest BCUT2D eigenvalue weighted by atomic mass is 28.3. The molecule has 0 saturated heterocycles.